The number of carbonyl (C=O) groups is 1. The number of thiophene rings is 2. The summed E-state index contributed by atoms with van der Waals surface area (Å²) in [6, 6.07) is 3.81. The topological polar surface area (TPSA) is 64.0 Å². The van der Waals surface area contributed by atoms with Crippen molar-refractivity contribution in [2.75, 3.05) is 5.75 Å². The first kappa shape index (κ1) is 17.9. The fraction of sp³-hybridized carbons (Fsp3) is 0.235. The van der Waals surface area contributed by atoms with E-state index in [9.17, 15) is 9.59 Å². The number of fused-ring (bicyclic) bond motifs is 1. The molecule has 0 aliphatic carbocycles. The Morgan fingerprint density at radius 1 is 1.40 bits per heavy atom. The van der Waals surface area contributed by atoms with E-state index < -0.39 is 0 Å². The molecule has 3 heterocycles. The molecule has 0 radical (unpaired) electrons. The summed E-state index contributed by atoms with van der Waals surface area (Å²) in [7, 11) is 0. The summed E-state index contributed by atoms with van der Waals surface area (Å²) in [4.78, 5) is 31.0. The Kier molecular flexibility index (Phi) is 5.72. The van der Waals surface area contributed by atoms with Crippen molar-refractivity contribution in [3.63, 3.8) is 0 Å². The minimum absolute atomic E-state index is 0.0801. The first-order valence-corrected chi connectivity index (χ1v) is 10.4. The van der Waals surface area contributed by atoms with Gasteiger partial charge in [-0.3, -0.25) is 14.2 Å². The van der Waals surface area contributed by atoms with Gasteiger partial charge in [0.1, 0.15) is 4.83 Å². The molecule has 0 aliphatic heterocycles. The second-order valence-corrected chi connectivity index (χ2v) is 8.17. The summed E-state index contributed by atoms with van der Waals surface area (Å²) in [6.45, 7) is 6.62. The molecular weight excluding hydrogens is 374 g/mol. The minimum atomic E-state index is -0.0942. The highest BCUT2D eigenvalue weighted by Gasteiger charge is 2.13. The highest BCUT2D eigenvalue weighted by Crippen LogP contribution is 2.21. The molecule has 0 aliphatic rings. The number of nitrogens with one attached hydrogen (secondary N) is 1. The number of rotatable bonds is 7. The van der Waals surface area contributed by atoms with E-state index in [-0.39, 0.29) is 17.2 Å². The van der Waals surface area contributed by atoms with Crippen molar-refractivity contribution in [3.8, 4) is 0 Å². The lowest BCUT2D eigenvalue weighted by Crippen LogP contribution is -2.26. The van der Waals surface area contributed by atoms with E-state index >= 15 is 0 Å². The van der Waals surface area contributed by atoms with Crippen LogP contribution in [0.25, 0.3) is 10.2 Å². The van der Waals surface area contributed by atoms with Gasteiger partial charge < -0.3 is 5.32 Å². The SMILES string of the molecule is C=CCn1c(SCC(=O)NCc2sccc2C)nc2sccc2c1=O. The van der Waals surface area contributed by atoms with Crippen LogP contribution in [0.2, 0.25) is 0 Å². The zero-order chi connectivity index (χ0) is 17.8. The number of allylic oxidation sites excluding steroid dienone is 1. The van der Waals surface area contributed by atoms with E-state index in [1.807, 2.05) is 23.8 Å². The van der Waals surface area contributed by atoms with Crippen LogP contribution in [0.4, 0.5) is 0 Å². The van der Waals surface area contributed by atoms with Crippen LogP contribution in [-0.2, 0) is 17.9 Å². The van der Waals surface area contributed by atoms with E-state index in [1.165, 1.54) is 28.7 Å². The summed E-state index contributed by atoms with van der Waals surface area (Å²) < 4.78 is 1.56. The molecule has 0 saturated carbocycles. The Hall–Kier alpha value is -1.90. The van der Waals surface area contributed by atoms with Crippen molar-refractivity contribution < 1.29 is 4.79 Å². The largest absolute Gasteiger partial charge is 0.350 e. The number of hydrogen-bond donors (Lipinski definition) is 1. The Balaban J connectivity index is 1.70. The fourth-order valence-electron chi connectivity index (χ4n) is 2.28. The molecule has 0 saturated heterocycles. The number of carbonyl (C=O) groups excluding carboxylic acids is 1. The molecule has 0 spiro atoms. The van der Waals surface area contributed by atoms with E-state index in [0.717, 1.165) is 4.88 Å². The maximum absolute atomic E-state index is 12.5. The third-order valence-electron chi connectivity index (χ3n) is 3.61. The molecule has 25 heavy (non-hydrogen) atoms. The number of amides is 1. The van der Waals surface area contributed by atoms with Crippen molar-refractivity contribution in [2.45, 2.75) is 25.2 Å². The van der Waals surface area contributed by atoms with Gasteiger partial charge in [0.05, 0.1) is 17.7 Å². The van der Waals surface area contributed by atoms with Gasteiger partial charge in [-0.1, -0.05) is 17.8 Å². The molecule has 3 aromatic rings. The summed E-state index contributed by atoms with van der Waals surface area (Å²) >= 11 is 4.33. The molecule has 0 bridgehead atoms. The van der Waals surface area contributed by atoms with Gasteiger partial charge in [0, 0.05) is 11.4 Å². The average Bonchev–Trinajstić information content (AvgIpc) is 3.23. The van der Waals surface area contributed by atoms with Crippen molar-refractivity contribution in [2.24, 2.45) is 0 Å². The van der Waals surface area contributed by atoms with Gasteiger partial charge in [-0.25, -0.2) is 4.98 Å². The second-order valence-electron chi connectivity index (χ2n) is 5.33. The third-order valence-corrected chi connectivity index (χ3v) is 6.41. The molecule has 8 heteroatoms. The molecule has 130 valence electrons. The monoisotopic (exact) mass is 391 g/mol. The summed E-state index contributed by atoms with van der Waals surface area (Å²) in [6.07, 6.45) is 1.66. The van der Waals surface area contributed by atoms with Gasteiger partial charge in [0.25, 0.3) is 5.56 Å². The molecule has 1 N–H and O–H groups in total. The van der Waals surface area contributed by atoms with E-state index in [2.05, 4.69) is 16.9 Å². The summed E-state index contributed by atoms with van der Waals surface area (Å²) in [5.74, 6) is 0.133. The lowest BCUT2D eigenvalue weighted by Gasteiger charge is -2.10. The van der Waals surface area contributed by atoms with Crippen molar-refractivity contribution in [1.29, 1.82) is 0 Å². The third kappa shape index (κ3) is 4.02. The maximum atomic E-state index is 12.5. The fourth-order valence-corrected chi connectivity index (χ4v) is 4.77. The maximum Gasteiger partial charge on any atom is 0.263 e. The van der Waals surface area contributed by atoms with E-state index in [4.69, 9.17) is 0 Å². The van der Waals surface area contributed by atoms with Gasteiger partial charge >= 0.3 is 0 Å². The first-order chi connectivity index (χ1) is 12.1. The van der Waals surface area contributed by atoms with Crippen LogP contribution < -0.4 is 10.9 Å². The number of nitrogens with zero attached hydrogens (tertiary/aromatic N) is 2. The molecule has 0 aromatic carbocycles. The molecule has 3 aromatic heterocycles. The van der Waals surface area contributed by atoms with Crippen LogP contribution in [0.5, 0.6) is 0 Å². The standard InChI is InChI=1S/C17H17N3O2S3/c1-3-6-20-16(22)12-5-8-24-15(12)19-17(20)25-10-14(21)18-9-13-11(2)4-7-23-13/h3-5,7-8H,1,6,9-10H2,2H3,(H,18,21). The summed E-state index contributed by atoms with van der Waals surface area (Å²) in [5.41, 5.74) is 1.09. The van der Waals surface area contributed by atoms with Crippen LogP contribution in [0.15, 0.2) is 45.5 Å². The first-order valence-electron chi connectivity index (χ1n) is 7.61. The predicted octanol–water partition coefficient (Wildman–Crippen LogP) is 3.42. The minimum Gasteiger partial charge on any atom is -0.350 e. The highest BCUT2D eigenvalue weighted by atomic mass is 32.2. The molecule has 1 amide bonds. The Labute approximate surface area is 157 Å². The number of hydrogen-bond acceptors (Lipinski definition) is 6. The van der Waals surface area contributed by atoms with Gasteiger partial charge in [-0.2, -0.15) is 0 Å². The lowest BCUT2D eigenvalue weighted by molar-refractivity contribution is -0.118. The normalized spacial score (nSPS) is 10.9. The molecule has 3 rings (SSSR count). The van der Waals surface area contributed by atoms with Crippen molar-refractivity contribution >= 4 is 50.6 Å². The van der Waals surface area contributed by atoms with Crippen molar-refractivity contribution in [1.82, 2.24) is 14.9 Å². The van der Waals surface area contributed by atoms with Crippen molar-refractivity contribution in [3.05, 3.63) is 56.3 Å². The summed E-state index contributed by atoms with van der Waals surface area (Å²) in [5, 5.41) is 7.92. The number of aryl methyl sites for hydroxylation is 1. The van der Waals surface area contributed by atoms with Gasteiger partial charge in [0.15, 0.2) is 5.16 Å². The Morgan fingerprint density at radius 3 is 2.92 bits per heavy atom. The van der Waals surface area contributed by atoms with Crippen LogP contribution in [0, 0.1) is 6.92 Å². The van der Waals surface area contributed by atoms with Gasteiger partial charge in [-0.15, -0.1) is 29.3 Å². The zero-order valence-electron chi connectivity index (χ0n) is 13.7. The van der Waals surface area contributed by atoms with Gasteiger partial charge in [-0.05, 0) is 35.4 Å². The number of aromatic nitrogens is 2. The van der Waals surface area contributed by atoms with E-state index in [1.54, 1.807) is 28.0 Å². The van der Waals surface area contributed by atoms with Crippen LogP contribution in [0.1, 0.15) is 10.4 Å². The molecular formula is C17H17N3O2S3. The Bertz CT molecular complexity index is 971. The van der Waals surface area contributed by atoms with E-state index in [0.29, 0.717) is 28.5 Å². The quantitative estimate of drug-likeness (QED) is 0.381. The molecule has 5 nitrogen and oxygen atoms in total. The second kappa shape index (κ2) is 7.99. The van der Waals surface area contributed by atoms with Crippen LogP contribution >= 0.6 is 34.4 Å². The molecule has 0 atom stereocenters. The Morgan fingerprint density at radius 2 is 2.20 bits per heavy atom. The van der Waals surface area contributed by atoms with Crippen LogP contribution in [-0.4, -0.2) is 21.2 Å². The molecule has 0 unspecified atom stereocenters. The van der Waals surface area contributed by atoms with Gasteiger partial charge in [0.2, 0.25) is 5.91 Å². The smallest absolute Gasteiger partial charge is 0.263 e. The average molecular weight is 392 g/mol. The lowest BCUT2D eigenvalue weighted by atomic mass is 10.3. The molecule has 0 fully saturated rings. The zero-order valence-corrected chi connectivity index (χ0v) is 16.1. The van der Waals surface area contributed by atoms with Crippen LogP contribution in [0.3, 0.4) is 0 Å². The number of thioether (sulfide) groups is 1. The highest BCUT2D eigenvalue weighted by molar-refractivity contribution is 7.99. The predicted molar refractivity (Wildman–Crippen MR) is 106 cm³/mol.